The van der Waals surface area contributed by atoms with Crippen LogP contribution in [0.1, 0.15) is 40.4 Å². The number of benzene rings is 1. The smallest absolute Gasteiger partial charge is 0.291 e. The van der Waals surface area contributed by atoms with Crippen LogP contribution in [-0.2, 0) is 9.53 Å². The zero-order valence-electron chi connectivity index (χ0n) is 16.7. The van der Waals surface area contributed by atoms with Gasteiger partial charge < -0.3 is 23.9 Å². The van der Waals surface area contributed by atoms with Crippen molar-refractivity contribution in [3.05, 3.63) is 47.0 Å². The largest absolute Gasteiger partial charge is 0.449 e. The Balaban J connectivity index is 1.68. The Kier molecular flexibility index (Phi) is 5.10. The molecule has 8 heteroatoms. The Bertz CT molecular complexity index is 1040. The number of fused-ring (bicyclic) bond motifs is 1. The Morgan fingerprint density at radius 2 is 1.90 bits per heavy atom. The lowest BCUT2D eigenvalue weighted by Gasteiger charge is -2.26. The zero-order chi connectivity index (χ0) is 20.5. The maximum absolute atomic E-state index is 13.1. The van der Waals surface area contributed by atoms with E-state index in [0.717, 1.165) is 5.56 Å². The summed E-state index contributed by atoms with van der Waals surface area (Å²) in [5.41, 5.74) is 2.35. The average Bonchev–Trinajstić information content (AvgIpc) is 3.27. The van der Waals surface area contributed by atoms with Gasteiger partial charge in [0.2, 0.25) is 11.7 Å². The minimum Gasteiger partial charge on any atom is -0.449 e. The minimum atomic E-state index is -0.499. The summed E-state index contributed by atoms with van der Waals surface area (Å²) in [6.45, 7) is 7.30. The molecule has 0 spiro atoms. The maximum Gasteiger partial charge on any atom is 0.291 e. The molecule has 0 aliphatic carbocycles. The van der Waals surface area contributed by atoms with E-state index in [9.17, 15) is 9.59 Å². The lowest BCUT2D eigenvalue weighted by atomic mass is 9.98. The van der Waals surface area contributed by atoms with Crippen molar-refractivity contribution in [1.29, 1.82) is 0 Å². The van der Waals surface area contributed by atoms with Gasteiger partial charge in [-0.3, -0.25) is 9.59 Å². The van der Waals surface area contributed by atoms with Gasteiger partial charge in [0.05, 0.1) is 24.8 Å². The van der Waals surface area contributed by atoms with Crippen molar-refractivity contribution in [2.75, 3.05) is 31.6 Å². The second-order valence-electron chi connectivity index (χ2n) is 7.16. The molecule has 0 radical (unpaired) electrons. The highest BCUT2D eigenvalue weighted by molar-refractivity contribution is 6.11. The van der Waals surface area contributed by atoms with Gasteiger partial charge >= 0.3 is 0 Å². The normalized spacial score (nSPS) is 15.5. The number of para-hydroxylation sites is 1. The van der Waals surface area contributed by atoms with E-state index in [-0.39, 0.29) is 17.6 Å². The van der Waals surface area contributed by atoms with Crippen molar-refractivity contribution in [2.45, 2.75) is 26.7 Å². The molecular weight excluding hydrogens is 374 g/mol. The van der Waals surface area contributed by atoms with Gasteiger partial charge in [-0.15, -0.1) is 0 Å². The molecule has 0 bridgehead atoms. The fraction of sp³-hybridized carbons (Fsp3) is 0.381. The van der Waals surface area contributed by atoms with E-state index in [1.54, 1.807) is 31.7 Å². The number of carbonyl (C=O) groups excluding carboxylic acids is 2. The molecule has 1 aliphatic rings. The van der Waals surface area contributed by atoms with Crippen LogP contribution in [-0.4, -0.2) is 48.2 Å². The van der Waals surface area contributed by atoms with Crippen molar-refractivity contribution in [3.8, 4) is 0 Å². The van der Waals surface area contributed by atoms with Crippen molar-refractivity contribution in [2.24, 2.45) is 0 Å². The van der Waals surface area contributed by atoms with E-state index >= 15 is 0 Å². The molecule has 1 atom stereocenters. The third-order valence-corrected chi connectivity index (χ3v) is 5.25. The molecule has 8 nitrogen and oxygen atoms in total. The van der Waals surface area contributed by atoms with E-state index in [1.165, 1.54) is 0 Å². The van der Waals surface area contributed by atoms with Gasteiger partial charge in [-0.25, -0.2) is 0 Å². The first-order chi connectivity index (χ1) is 14.0. The molecule has 3 heterocycles. The monoisotopic (exact) mass is 397 g/mol. The number of nitrogens with one attached hydrogen (secondary N) is 1. The lowest BCUT2D eigenvalue weighted by Crippen LogP contribution is -2.40. The van der Waals surface area contributed by atoms with Crippen LogP contribution >= 0.6 is 0 Å². The molecular formula is C21H23N3O5. The number of nitrogens with zero attached hydrogens (tertiary/aromatic N) is 2. The second-order valence-corrected chi connectivity index (χ2v) is 7.16. The molecule has 1 saturated heterocycles. The number of furan rings is 1. The summed E-state index contributed by atoms with van der Waals surface area (Å²) < 4.78 is 16.4. The molecule has 1 unspecified atom stereocenters. The SMILES string of the molecule is Cc1noc(C)c1C(C)C(=O)Nc1c(C(=O)N2CCOCC2)oc2ccccc12. The van der Waals surface area contributed by atoms with Crippen LogP contribution in [0.25, 0.3) is 11.0 Å². The van der Waals surface area contributed by atoms with E-state index < -0.39 is 5.92 Å². The first-order valence-electron chi connectivity index (χ1n) is 9.59. The zero-order valence-corrected chi connectivity index (χ0v) is 16.7. The summed E-state index contributed by atoms with van der Waals surface area (Å²) in [6, 6.07) is 7.27. The summed E-state index contributed by atoms with van der Waals surface area (Å²) in [5, 5.41) is 7.53. The van der Waals surface area contributed by atoms with E-state index in [0.29, 0.717) is 54.4 Å². The topological polar surface area (TPSA) is 97.8 Å². The number of aromatic nitrogens is 1. The summed E-state index contributed by atoms with van der Waals surface area (Å²) in [5.74, 6) is -0.285. The van der Waals surface area contributed by atoms with Crippen LogP contribution in [0, 0.1) is 13.8 Å². The Labute approximate surface area is 167 Å². The fourth-order valence-electron chi connectivity index (χ4n) is 3.70. The van der Waals surface area contributed by atoms with Crippen LogP contribution in [0.3, 0.4) is 0 Å². The number of aryl methyl sites for hydroxylation is 2. The number of carbonyl (C=O) groups is 2. The first-order valence-corrected chi connectivity index (χ1v) is 9.59. The van der Waals surface area contributed by atoms with Crippen molar-refractivity contribution < 1.29 is 23.3 Å². The van der Waals surface area contributed by atoms with Crippen molar-refractivity contribution in [1.82, 2.24) is 10.1 Å². The van der Waals surface area contributed by atoms with Gasteiger partial charge in [0, 0.05) is 24.0 Å². The molecule has 1 fully saturated rings. The van der Waals surface area contributed by atoms with Crippen molar-refractivity contribution in [3.63, 3.8) is 0 Å². The molecule has 1 N–H and O–H groups in total. The lowest BCUT2D eigenvalue weighted by molar-refractivity contribution is -0.117. The van der Waals surface area contributed by atoms with Gasteiger partial charge in [0.25, 0.3) is 5.91 Å². The van der Waals surface area contributed by atoms with Gasteiger partial charge in [-0.2, -0.15) is 0 Å². The number of hydrogen-bond acceptors (Lipinski definition) is 6. The predicted octanol–water partition coefficient (Wildman–Crippen LogP) is 3.25. The molecule has 3 aromatic rings. The van der Waals surface area contributed by atoms with Crippen LogP contribution in [0.5, 0.6) is 0 Å². The van der Waals surface area contributed by atoms with Gasteiger partial charge in [0.15, 0.2) is 0 Å². The summed E-state index contributed by atoms with van der Waals surface area (Å²) in [7, 11) is 0. The molecule has 4 rings (SSSR count). The third-order valence-electron chi connectivity index (χ3n) is 5.25. The highest BCUT2D eigenvalue weighted by atomic mass is 16.5. The summed E-state index contributed by atoms with van der Waals surface area (Å²) in [4.78, 5) is 27.8. The van der Waals surface area contributed by atoms with Crippen LogP contribution in [0.2, 0.25) is 0 Å². The Hall–Kier alpha value is -3.13. The minimum absolute atomic E-state index is 0.132. The number of rotatable bonds is 4. The number of hydrogen-bond donors (Lipinski definition) is 1. The van der Waals surface area contributed by atoms with E-state index in [2.05, 4.69) is 10.5 Å². The van der Waals surface area contributed by atoms with Gasteiger partial charge in [0.1, 0.15) is 17.0 Å². The molecule has 29 heavy (non-hydrogen) atoms. The Morgan fingerprint density at radius 1 is 1.17 bits per heavy atom. The number of ether oxygens (including phenoxy) is 1. The highest BCUT2D eigenvalue weighted by Gasteiger charge is 2.30. The number of anilines is 1. The van der Waals surface area contributed by atoms with Gasteiger partial charge in [-0.1, -0.05) is 17.3 Å². The summed E-state index contributed by atoms with van der Waals surface area (Å²) in [6.07, 6.45) is 0. The molecule has 1 aliphatic heterocycles. The first kappa shape index (κ1) is 19.2. The highest BCUT2D eigenvalue weighted by Crippen LogP contribution is 2.33. The van der Waals surface area contributed by atoms with E-state index in [4.69, 9.17) is 13.7 Å². The summed E-state index contributed by atoms with van der Waals surface area (Å²) >= 11 is 0. The molecule has 2 amide bonds. The van der Waals surface area contributed by atoms with Crippen LogP contribution < -0.4 is 5.32 Å². The van der Waals surface area contributed by atoms with Crippen LogP contribution in [0.4, 0.5) is 5.69 Å². The standard InChI is InChI=1S/C21H23N3O5/c1-12(17-13(2)23-29-14(17)3)20(25)22-18-15-6-4-5-7-16(15)28-19(18)21(26)24-8-10-27-11-9-24/h4-7,12H,8-11H2,1-3H3,(H,22,25). The second kappa shape index (κ2) is 7.71. The third kappa shape index (κ3) is 3.51. The maximum atomic E-state index is 13.1. The van der Waals surface area contributed by atoms with Crippen LogP contribution in [0.15, 0.2) is 33.2 Å². The quantitative estimate of drug-likeness (QED) is 0.726. The Morgan fingerprint density at radius 3 is 2.59 bits per heavy atom. The molecule has 1 aromatic carbocycles. The van der Waals surface area contributed by atoms with Crippen molar-refractivity contribution >= 4 is 28.5 Å². The molecule has 0 saturated carbocycles. The van der Waals surface area contributed by atoms with E-state index in [1.807, 2.05) is 18.2 Å². The van der Waals surface area contributed by atoms with Gasteiger partial charge in [-0.05, 0) is 32.9 Å². The molecule has 2 aromatic heterocycles. The fourth-order valence-corrected chi connectivity index (χ4v) is 3.70. The number of morpholine rings is 1. The average molecular weight is 397 g/mol. The predicted molar refractivity (Wildman–Crippen MR) is 106 cm³/mol. The molecule has 152 valence electrons. The number of amides is 2.